The van der Waals surface area contributed by atoms with Crippen molar-refractivity contribution in [3.05, 3.63) is 33.8 Å². The van der Waals surface area contributed by atoms with E-state index in [0.29, 0.717) is 5.13 Å². The topological polar surface area (TPSA) is 84.0 Å². The minimum absolute atomic E-state index is 0.106. The number of amides is 2. The van der Waals surface area contributed by atoms with Crippen LogP contribution in [0.25, 0.3) is 0 Å². The van der Waals surface area contributed by atoms with E-state index >= 15 is 0 Å². The number of carbonyl (C=O) groups excluding carboxylic acids is 2. The van der Waals surface area contributed by atoms with Crippen LogP contribution in [-0.4, -0.2) is 22.0 Å². The number of hydrogen-bond donors (Lipinski definition) is 2. The van der Waals surface area contributed by atoms with Gasteiger partial charge < -0.3 is 10.6 Å². The van der Waals surface area contributed by atoms with E-state index in [2.05, 4.69) is 20.8 Å². The van der Waals surface area contributed by atoms with Gasteiger partial charge in [0, 0.05) is 18.5 Å². The minimum Gasteiger partial charge on any atom is -0.326 e. The maximum Gasteiger partial charge on any atom is 0.226 e. The van der Waals surface area contributed by atoms with Crippen LogP contribution in [0.5, 0.6) is 0 Å². The highest BCUT2D eigenvalue weighted by atomic mass is 32.1. The first kappa shape index (κ1) is 17.1. The van der Waals surface area contributed by atoms with Gasteiger partial charge in [-0.2, -0.15) is 0 Å². The highest BCUT2D eigenvalue weighted by Gasteiger charge is 2.12. The monoisotopic (exact) mass is 332 g/mol. The first-order valence-electron chi connectivity index (χ1n) is 7.33. The lowest BCUT2D eigenvalue weighted by molar-refractivity contribution is -0.121. The molecule has 1 aromatic carbocycles. The smallest absolute Gasteiger partial charge is 0.226 e. The van der Waals surface area contributed by atoms with E-state index in [1.165, 1.54) is 11.3 Å². The van der Waals surface area contributed by atoms with Crippen molar-refractivity contribution in [2.75, 3.05) is 10.6 Å². The average molecular weight is 332 g/mol. The lowest BCUT2D eigenvalue weighted by atomic mass is 10.0. The Hall–Kier alpha value is -2.28. The van der Waals surface area contributed by atoms with E-state index in [4.69, 9.17) is 0 Å². The van der Waals surface area contributed by atoms with Crippen LogP contribution in [0.4, 0.5) is 10.8 Å². The van der Waals surface area contributed by atoms with Crippen molar-refractivity contribution in [3.63, 3.8) is 0 Å². The van der Waals surface area contributed by atoms with Gasteiger partial charge in [0.1, 0.15) is 5.01 Å². The van der Waals surface area contributed by atoms with Gasteiger partial charge in [-0.05, 0) is 38.8 Å². The fraction of sp³-hybridized carbons (Fsp3) is 0.375. The molecule has 7 heteroatoms. The number of anilines is 2. The number of nitrogens with one attached hydrogen (secondary N) is 2. The molecule has 0 aliphatic rings. The van der Waals surface area contributed by atoms with Gasteiger partial charge in [-0.3, -0.25) is 9.59 Å². The number of carbonyl (C=O) groups is 2. The molecule has 2 rings (SSSR count). The van der Waals surface area contributed by atoms with Gasteiger partial charge in [0.2, 0.25) is 16.9 Å². The third-order valence-corrected chi connectivity index (χ3v) is 4.05. The molecular weight excluding hydrogens is 312 g/mol. The predicted octanol–water partition coefficient (Wildman–Crippen LogP) is 3.13. The van der Waals surface area contributed by atoms with Crippen LogP contribution in [0, 0.1) is 27.7 Å². The molecule has 0 radical (unpaired) electrons. The third kappa shape index (κ3) is 4.85. The van der Waals surface area contributed by atoms with Crippen molar-refractivity contribution < 1.29 is 9.59 Å². The van der Waals surface area contributed by atoms with Crippen molar-refractivity contribution in [2.45, 2.75) is 40.5 Å². The number of benzene rings is 1. The quantitative estimate of drug-likeness (QED) is 0.881. The van der Waals surface area contributed by atoms with Crippen molar-refractivity contribution in [2.24, 2.45) is 0 Å². The Balaban J connectivity index is 1.87. The maximum absolute atomic E-state index is 12.0. The van der Waals surface area contributed by atoms with Crippen molar-refractivity contribution in [1.82, 2.24) is 10.2 Å². The van der Waals surface area contributed by atoms with Gasteiger partial charge in [-0.15, -0.1) is 10.2 Å². The van der Waals surface area contributed by atoms with E-state index < -0.39 is 0 Å². The van der Waals surface area contributed by atoms with Gasteiger partial charge in [0.05, 0.1) is 0 Å². The van der Waals surface area contributed by atoms with Crippen LogP contribution in [0.2, 0.25) is 0 Å². The van der Waals surface area contributed by atoms with Crippen molar-refractivity contribution >= 4 is 34.0 Å². The van der Waals surface area contributed by atoms with Crippen LogP contribution in [-0.2, 0) is 9.59 Å². The summed E-state index contributed by atoms with van der Waals surface area (Å²) in [5.74, 6) is -0.419. The second-order valence-electron chi connectivity index (χ2n) is 5.50. The molecule has 0 saturated heterocycles. The molecule has 0 spiro atoms. The summed E-state index contributed by atoms with van der Waals surface area (Å²) in [7, 11) is 0. The van der Waals surface area contributed by atoms with Gasteiger partial charge in [0.15, 0.2) is 0 Å². The number of hydrogen-bond acceptors (Lipinski definition) is 5. The number of aromatic nitrogens is 2. The fourth-order valence-electron chi connectivity index (χ4n) is 2.34. The average Bonchev–Trinajstić information content (AvgIpc) is 2.85. The van der Waals surface area contributed by atoms with Gasteiger partial charge >= 0.3 is 0 Å². The van der Waals surface area contributed by atoms with Crippen LogP contribution in [0.3, 0.4) is 0 Å². The highest BCUT2D eigenvalue weighted by Crippen LogP contribution is 2.22. The Morgan fingerprint density at radius 1 is 0.957 bits per heavy atom. The molecule has 0 bridgehead atoms. The Kier molecular flexibility index (Phi) is 5.44. The Morgan fingerprint density at radius 3 is 2.04 bits per heavy atom. The zero-order chi connectivity index (χ0) is 17.0. The third-order valence-electron chi connectivity index (χ3n) is 3.29. The molecule has 2 amide bonds. The fourth-order valence-corrected chi connectivity index (χ4v) is 2.94. The van der Waals surface area contributed by atoms with E-state index in [1.54, 1.807) is 0 Å². The number of nitrogens with zero attached hydrogens (tertiary/aromatic N) is 2. The molecule has 6 nitrogen and oxygen atoms in total. The summed E-state index contributed by atoms with van der Waals surface area (Å²) in [6, 6.07) is 4.04. The summed E-state index contributed by atoms with van der Waals surface area (Å²) < 4.78 is 0. The Bertz CT molecular complexity index is 716. The molecule has 0 saturated carbocycles. The van der Waals surface area contributed by atoms with E-state index in [9.17, 15) is 9.59 Å². The lowest BCUT2D eigenvalue weighted by Gasteiger charge is -2.12. The van der Waals surface area contributed by atoms with Crippen LogP contribution in [0.1, 0.15) is 34.5 Å². The first-order chi connectivity index (χ1) is 10.8. The van der Waals surface area contributed by atoms with E-state index in [1.807, 2.05) is 39.8 Å². The molecule has 23 heavy (non-hydrogen) atoms. The van der Waals surface area contributed by atoms with Gasteiger partial charge in [-0.1, -0.05) is 29.0 Å². The van der Waals surface area contributed by atoms with E-state index in [0.717, 1.165) is 27.4 Å². The largest absolute Gasteiger partial charge is 0.326 e. The second kappa shape index (κ2) is 7.32. The number of aryl methyl sites for hydroxylation is 4. The molecule has 2 aromatic rings. The van der Waals surface area contributed by atoms with Gasteiger partial charge in [0.25, 0.3) is 0 Å². The lowest BCUT2D eigenvalue weighted by Crippen LogP contribution is -2.18. The first-order valence-corrected chi connectivity index (χ1v) is 8.14. The Morgan fingerprint density at radius 2 is 1.52 bits per heavy atom. The molecule has 2 N–H and O–H groups in total. The second-order valence-corrected chi connectivity index (χ2v) is 6.68. The normalized spacial score (nSPS) is 10.4. The SMILES string of the molecule is Cc1cc(C)c(NC(=O)CCC(=O)Nc2nnc(C)s2)c(C)c1. The predicted molar refractivity (Wildman–Crippen MR) is 91.8 cm³/mol. The molecular formula is C16H20N4O2S. The van der Waals surface area contributed by atoms with Crippen LogP contribution >= 0.6 is 11.3 Å². The summed E-state index contributed by atoms with van der Waals surface area (Å²) in [6.07, 6.45) is 0.227. The molecule has 1 aromatic heterocycles. The summed E-state index contributed by atoms with van der Waals surface area (Å²) in [5.41, 5.74) is 4.01. The molecule has 0 fully saturated rings. The van der Waals surface area contributed by atoms with Crippen molar-refractivity contribution in [3.8, 4) is 0 Å². The van der Waals surface area contributed by atoms with Crippen LogP contribution < -0.4 is 10.6 Å². The molecule has 0 unspecified atom stereocenters. The van der Waals surface area contributed by atoms with E-state index in [-0.39, 0.29) is 24.7 Å². The maximum atomic E-state index is 12.0. The summed E-state index contributed by atoms with van der Waals surface area (Å²) in [4.78, 5) is 23.9. The Labute approximate surface area is 139 Å². The van der Waals surface area contributed by atoms with Crippen molar-refractivity contribution in [1.29, 1.82) is 0 Å². The van der Waals surface area contributed by atoms with Gasteiger partial charge in [-0.25, -0.2) is 0 Å². The summed E-state index contributed by atoms with van der Waals surface area (Å²) in [5, 5.41) is 14.4. The zero-order valence-corrected chi connectivity index (χ0v) is 14.5. The molecule has 122 valence electrons. The molecule has 0 atom stereocenters. The standard InChI is InChI=1S/C16H20N4O2S/c1-9-7-10(2)15(11(3)8-9)17-13(21)5-6-14(22)18-16-20-19-12(4)23-16/h7-8H,5-6H2,1-4H3,(H,17,21)(H,18,20,22). The highest BCUT2D eigenvalue weighted by molar-refractivity contribution is 7.15. The molecule has 1 heterocycles. The minimum atomic E-state index is -0.242. The molecule has 0 aliphatic carbocycles. The zero-order valence-electron chi connectivity index (χ0n) is 13.7. The molecule has 0 aliphatic heterocycles. The summed E-state index contributed by atoms with van der Waals surface area (Å²) >= 11 is 1.30. The van der Waals surface area contributed by atoms with Crippen LogP contribution in [0.15, 0.2) is 12.1 Å². The summed E-state index contributed by atoms with van der Waals surface area (Å²) in [6.45, 7) is 7.75. The number of rotatable bonds is 5.